The van der Waals surface area contributed by atoms with Gasteiger partial charge in [-0.2, -0.15) is 10.5 Å². The van der Waals surface area contributed by atoms with Crippen LogP contribution in [0, 0.1) is 22.7 Å². The highest BCUT2D eigenvalue weighted by Gasteiger charge is 2.09. The molecule has 0 aliphatic rings. The molecular formula is C8H2N4S. The van der Waals surface area contributed by atoms with Gasteiger partial charge in [-0.3, -0.25) is 0 Å². The van der Waals surface area contributed by atoms with Gasteiger partial charge in [0, 0.05) is 0 Å². The minimum atomic E-state index is 0.314. The minimum absolute atomic E-state index is 0.314. The van der Waals surface area contributed by atoms with Crippen molar-refractivity contribution in [3.8, 4) is 12.1 Å². The molecule has 0 N–H and O–H groups in total. The van der Waals surface area contributed by atoms with E-state index < -0.39 is 0 Å². The van der Waals surface area contributed by atoms with E-state index in [2.05, 4.69) is 9.59 Å². The standard InChI is InChI=1S/C8H2N4S/c9-3-5-1-2-7-8(6(5)4-10)11-12-13-7/h1-2H. The van der Waals surface area contributed by atoms with Crippen molar-refractivity contribution in [3.63, 3.8) is 0 Å². The first-order valence-electron chi connectivity index (χ1n) is 3.42. The summed E-state index contributed by atoms with van der Waals surface area (Å²) in [6.45, 7) is 0. The van der Waals surface area contributed by atoms with Gasteiger partial charge in [0.15, 0.2) is 0 Å². The van der Waals surface area contributed by atoms with Crippen molar-refractivity contribution in [2.45, 2.75) is 0 Å². The Labute approximate surface area is 77.8 Å². The summed E-state index contributed by atoms with van der Waals surface area (Å²) in [7, 11) is 0. The molecule has 2 aromatic rings. The largest absolute Gasteiger partial charge is 0.192 e. The summed E-state index contributed by atoms with van der Waals surface area (Å²) in [6, 6.07) is 7.26. The van der Waals surface area contributed by atoms with Crippen LogP contribution in [-0.4, -0.2) is 9.59 Å². The smallest absolute Gasteiger partial charge is 0.125 e. The monoisotopic (exact) mass is 186 g/mol. The SMILES string of the molecule is N#Cc1ccc2snnc2c1C#N. The van der Waals surface area contributed by atoms with E-state index >= 15 is 0 Å². The van der Waals surface area contributed by atoms with Crippen molar-refractivity contribution in [1.29, 1.82) is 10.5 Å². The normalized spacial score (nSPS) is 9.38. The van der Waals surface area contributed by atoms with Crippen LogP contribution in [0.5, 0.6) is 0 Å². The lowest BCUT2D eigenvalue weighted by molar-refractivity contribution is 1.19. The lowest BCUT2D eigenvalue weighted by atomic mass is 10.1. The first-order valence-corrected chi connectivity index (χ1v) is 4.19. The molecule has 5 heteroatoms. The Morgan fingerprint density at radius 2 is 2.08 bits per heavy atom. The second-order valence-electron chi connectivity index (χ2n) is 2.33. The summed E-state index contributed by atoms with van der Waals surface area (Å²) < 4.78 is 4.55. The van der Waals surface area contributed by atoms with Crippen LogP contribution in [0.25, 0.3) is 10.2 Å². The maximum absolute atomic E-state index is 8.80. The fraction of sp³-hybridized carbons (Fsp3) is 0. The van der Waals surface area contributed by atoms with Crippen LogP contribution >= 0.6 is 11.5 Å². The fourth-order valence-corrected chi connectivity index (χ4v) is 1.63. The van der Waals surface area contributed by atoms with E-state index in [0.717, 1.165) is 4.70 Å². The van der Waals surface area contributed by atoms with E-state index in [0.29, 0.717) is 16.6 Å². The van der Waals surface area contributed by atoms with Crippen LogP contribution in [-0.2, 0) is 0 Å². The molecular weight excluding hydrogens is 184 g/mol. The van der Waals surface area contributed by atoms with Crippen molar-refractivity contribution in [2.75, 3.05) is 0 Å². The average molecular weight is 186 g/mol. The number of nitriles is 2. The maximum atomic E-state index is 8.80. The Kier molecular flexibility index (Phi) is 1.66. The Morgan fingerprint density at radius 3 is 2.77 bits per heavy atom. The molecule has 2 rings (SSSR count). The third kappa shape index (κ3) is 1.03. The van der Waals surface area contributed by atoms with E-state index in [1.54, 1.807) is 12.1 Å². The first-order chi connectivity index (χ1) is 6.36. The van der Waals surface area contributed by atoms with Gasteiger partial charge < -0.3 is 0 Å². The quantitative estimate of drug-likeness (QED) is 0.623. The van der Waals surface area contributed by atoms with Gasteiger partial charge in [0.25, 0.3) is 0 Å². The zero-order valence-corrected chi connectivity index (χ0v) is 7.17. The van der Waals surface area contributed by atoms with Crippen LogP contribution in [0.15, 0.2) is 12.1 Å². The van der Waals surface area contributed by atoms with Gasteiger partial charge in [-0.15, -0.1) is 5.10 Å². The fourth-order valence-electron chi connectivity index (χ4n) is 1.06. The molecule has 1 aromatic carbocycles. The van der Waals surface area contributed by atoms with Gasteiger partial charge in [0.2, 0.25) is 0 Å². The molecule has 0 bridgehead atoms. The van der Waals surface area contributed by atoms with Crippen molar-refractivity contribution in [1.82, 2.24) is 9.59 Å². The average Bonchev–Trinajstić information content (AvgIpc) is 2.63. The molecule has 13 heavy (non-hydrogen) atoms. The molecule has 0 aliphatic heterocycles. The van der Waals surface area contributed by atoms with Crippen molar-refractivity contribution < 1.29 is 0 Å². The molecule has 4 nitrogen and oxygen atoms in total. The molecule has 0 saturated carbocycles. The molecule has 0 radical (unpaired) electrons. The van der Waals surface area contributed by atoms with E-state index in [-0.39, 0.29) is 0 Å². The Hall–Kier alpha value is -1.98. The molecule has 1 aromatic heterocycles. The van der Waals surface area contributed by atoms with Gasteiger partial charge in [0.1, 0.15) is 17.7 Å². The molecule has 0 spiro atoms. The maximum Gasteiger partial charge on any atom is 0.125 e. The summed E-state index contributed by atoms with van der Waals surface area (Å²) in [4.78, 5) is 0. The molecule has 60 valence electrons. The highest BCUT2D eigenvalue weighted by Crippen LogP contribution is 2.21. The number of benzene rings is 1. The summed E-state index contributed by atoms with van der Waals surface area (Å²) >= 11 is 1.21. The molecule has 0 saturated heterocycles. The van der Waals surface area contributed by atoms with Crippen LogP contribution < -0.4 is 0 Å². The van der Waals surface area contributed by atoms with Gasteiger partial charge in [0.05, 0.1) is 15.8 Å². The molecule has 0 aliphatic carbocycles. The number of rotatable bonds is 0. The summed E-state index contributed by atoms with van der Waals surface area (Å²) in [5.74, 6) is 0. The molecule has 0 amide bonds. The van der Waals surface area contributed by atoms with Crippen LogP contribution in [0.4, 0.5) is 0 Å². The van der Waals surface area contributed by atoms with Crippen LogP contribution in [0.2, 0.25) is 0 Å². The van der Waals surface area contributed by atoms with Crippen LogP contribution in [0.1, 0.15) is 11.1 Å². The van der Waals surface area contributed by atoms with Gasteiger partial charge in [-0.25, -0.2) is 0 Å². The zero-order chi connectivity index (χ0) is 9.26. The van der Waals surface area contributed by atoms with E-state index in [4.69, 9.17) is 10.5 Å². The summed E-state index contributed by atoms with van der Waals surface area (Å²) in [5.41, 5.74) is 1.18. The third-order valence-corrected chi connectivity index (χ3v) is 2.34. The molecule has 1 heterocycles. The number of hydrogen-bond donors (Lipinski definition) is 0. The first kappa shape index (κ1) is 7.66. The minimum Gasteiger partial charge on any atom is -0.192 e. The number of aromatic nitrogens is 2. The summed E-state index contributed by atoms with van der Waals surface area (Å²) in [6.07, 6.45) is 0. The number of hydrogen-bond acceptors (Lipinski definition) is 5. The lowest BCUT2D eigenvalue weighted by Crippen LogP contribution is -1.84. The van der Waals surface area contributed by atoms with Crippen molar-refractivity contribution >= 4 is 21.7 Å². The van der Waals surface area contributed by atoms with Crippen LogP contribution in [0.3, 0.4) is 0 Å². The van der Waals surface area contributed by atoms with E-state index in [9.17, 15) is 0 Å². The van der Waals surface area contributed by atoms with Crippen molar-refractivity contribution in [3.05, 3.63) is 23.3 Å². The Bertz CT molecular complexity index is 543. The number of fused-ring (bicyclic) bond motifs is 1. The Morgan fingerprint density at radius 1 is 1.23 bits per heavy atom. The van der Waals surface area contributed by atoms with Gasteiger partial charge >= 0.3 is 0 Å². The second-order valence-corrected chi connectivity index (χ2v) is 3.12. The summed E-state index contributed by atoms with van der Waals surface area (Å²) in [5, 5.41) is 21.3. The highest BCUT2D eigenvalue weighted by molar-refractivity contribution is 7.12. The van der Waals surface area contributed by atoms with Gasteiger partial charge in [-0.05, 0) is 23.7 Å². The second kappa shape index (κ2) is 2.81. The topological polar surface area (TPSA) is 73.4 Å². The molecule has 0 unspecified atom stereocenters. The highest BCUT2D eigenvalue weighted by atomic mass is 32.1. The Balaban J connectivity index is 2.94. The third-order valence-electron chi connectivity index (χ3n) is 1.65. The molecule has 0 atom stereocenters. The zero-order valence-electron chi connectivity index (χ0n) is 6.35. The number of nitrogens with zero attached hydrogens (tertiary/aromatic N) is 4. The van der Waals surface area contributed by atoms with E-state index in [1.165, 1.54) is 11.5 Å². The lowest BCUT2D eigenvalue weighted by Gasteiger charge is -1.92. The predicted molar refractivity (Wildman–Crippen MR) is 46.8 cm³/mol. The predicted octanol–water partition coefficient (Wildman–Crippen LogP) is 1.43. The van der Waals surface area contributed by atoms with E-state index in [1.807, 2.05) is 12.1 Å². The van der Waals surface area contributed by atoms with Gasteiger partial charge in [-0.1, -0.05) is 4.49 Å². The van der Waals surface area contributed by atoms with Crippen molar-refractivity contribution in [2.24, 2.45) is 0 Å². The molecule has 0 fully saturated rings.